The normalized spacial score (nSPS) is 19.5. The van der Waals surface area contributed by atoms with Crippen LogP contribution < -0.4 is 10.6 Å². The second-order valence-electron chi connectivity index (χ2n) is 4.99. The highest BCUT2D eigenvalue weighted by Crippen LogP contribution is 2.19. The molecule has 0 saturated carbocycles. The van der Waals surface area contributed by atoms with Crippen molar-refractivity contribution in [2.24, 2.45) is 0 Å². The van der Waals surface area contributed by atoms with Gasteiger partial charge in [0.15, 0.2) is 0 Å². The van der Waals surface area contributed by atoms with E-state index < -0.39 is 0 Å². The third-order valence-electron chi connectivity index (χ3n) is 3.66. The predicted octanol–water partition coefficient (Wildman–Crippen LogP) is 2.30. The standard InChI is InChI=1S/C15H18N2O2/c18-15(17-10-11-4-1-2-8-16-11)13-5-3-6-14-12(13)7-9-19-14/h3,5-7,9,11,16H,1-2,4,8,10H2,(H,17,18)/t11-/m0/s1. The highest BCUT2D eigenvalue weighted by atomic mass is 16.3. The van der Waals surface area contributed by atoms with Gasteiger partial charge in [-0.1, -0.05) is 12.5 Å². The van der Waals surface area contributed by atoms with Gasteiger partial charge in [-0.2, -0.15) is 0 Å². The fourth-order valence-corrected chi connectivity index (χ4v) is 2.60. The zero-order chi connectivity index (χ0) is 13.1. The highest BCUT2D eigenvalue weighted by Gasteiger charge is 2.15. The van der Waals surface area contributed by atoms with Crippen molar-refractivity contribution in [2.75, 3.05) is 13.1 Å². The molecule has 1 fully saturated rings. The average Bonchev–Trinajstić information content (AvgIpc) is 2.94. The third-order valence-corrected chi connectivity index (χ3v) is 3.66. The number of carbonyl (C=O) groups is 1. The van der Waals surface area contributed by atoms with Crippen molar-refractivity contribution in [2.45, 2.75) is 25.3 Å². The van der Waals surface area contributed by atoms with Gasteiger partial charge >= 0.3 is 0 Å². The molecule has 1 atom stereocenters. The molecule has 100 valence electrons. The average molecular weight is 258 g/mol. The van der Waals surface area contributed by atoms with Gasteiger partial charge in [-0.05, 0) is 37.6 Å². The van der Waals surface area contributed by atoms with Crippen LogP contribution >= 0.6 is 0 Å². The van der Waals surface area contributed by atoms with Crippen LogP contribution in [-0.2, 0) is 0 Å². The smallest absolute Gasteiger partial charge is 0.252 e. The van der Waals surface area contributed by atoms with Crippen LogP contribution in [-0.4, -0.2) is 25.0 Å². The number of benzene rings is 1. The molecule has 2 aromatic rings. The molecule has 4 nitrogen and oxygen atoms in total. The van der Waals surface area contributed by atoms with Gasteiger partial charge in [0.25, 0.3) is 5.91 Å². The zero-order valence-electron chi connectivity index (χ0n) is 10.8. The Bertz CT molecular complexity index is 570. The first-order chi connectivity index (χ1) is 9.34. The minimum absolute atomic E-state index is 0.0284. The van der Waals surface area contributed by atoms with E-state index in [2.05, 4.69) is 10.6 Å². The van der Waals surface area contributed by atoms with Crippen LogP contribution in [0.3, 0.4) is 0 Å². The Morgan fingerprint density at radius 3 is 3.16 bits per heavy atom. The van der Waals surface area contributed by atoms with E-state index in [-0.39, 0.29) is 5.91 Å². The summed E-state index contributed by atoms with van der Waals surface area (Å²) >= 11 is 0. The number of rotatable bonds is 3. The fraction of sp³-hybridized carbons (Fsp3) is 0.400. The highest BCUT2D eigenvalue weighted by molar-refractivity contribution is 6.05. The minimum atomic E-state index is -0.0284. The largest absolute Gasteiger partial charge is 0.464 e. The Morgan fingerprint density at radius 2 is 2.32 bits per heavy atom. The van der Waals surface area contributed by atoms with Crippen molar-refractivity contribution < 1.29 is 9.21 Å². The Kier molecular flexibility index (Phi) is 3.51. The van der Waals surface area contributed by atoms with E-state index in [1.54, 1.807) is 6.26 Å². The van der Waals surface area contributed by atoms with E-state index in [1.807, 2.05) is 24.3 Å². The number of hydrogen-bond donors (Lipinski definition) is 2. The molecular weight excluding hydrogens is 240 g/mol. The number of furan rings is 1. The maximum Gasteiger partial charge on any atom is 0.252 e. The number of amides is 1. The second-order valence-corrected chi connectivity index (χ2v) is 4.99. The van der Waals surface area contributed by atoms with Crippen LogP contribution in [0.2, 0.25) is 0 Å². The van der Waals surface area contributed by atoms with Crippen molar-refractivity contribution in [3.63, 3.8) is 0 Å². The molecule has 1 aliphatic rings. The summed E-state index contributed by atoms with van der Waals surface area (Å²) in [4.78, 5) is 12.2. The van der Waals surface area contributed by atoms with Crippen LogP contribution in [0.15, 0.2) is 34.9 Å². The molecule has 0 radical (unpaired) electrons. The molecule has 1 aromatic heterocycles. The maximum absolute atomic E-state index is 12.2. The Morgan fingerprint density at radius 1 is 1.37 bits per heavy atom. The van der Waals surface area contributed by atoms with E-state index in [1.165, 1.54) is 12.8 Å². The van der Waals surface area contributed by atoms with Crippen molar-refractivity contribution in [1.82, 2.24) is 10.6 Å². The van der Waals surface area contributed by atoms with Gasteiger partial charge in [0.2, 0.25) is 0 Å². The number of nitrogens with one attached hydrogen (secondary N) is 2. The summed E-state index contributed by atoms with van der Waals surface area (Å²) in [7, 11) is 0. The molecule has 2 heterocycles. The molecule has 4 heteroatoms. The van der Waals surface area contributed by atoms with E-state index in [9.17, 15) is 4.79 Å². The summed E-state index contributed by atoms with van der Waals surface area (Å²) in [6.45, 7) is 1.74. The van der Waals surface area contributed by atoms with Gasteiger partial charge in [-0.3, -0.25) is 4.79 Å². The van der Waals surface area contributed by atoms with Crippen LogP contribution in [0.5, 0.6) is 0 Å². The van der Waals surface area contributed by atoms with Crippen LogP contribution in [0, 0.1) is 0 Å². The second kappa shape index (κ2) is 5.45. The lowest BCUT2D eigenvalue weighted by Gasteiger charge is -2.23. The molecule has 1 saturated heterocycles. The lowest BCUT2D eigenvalue weighted by Crippen LogP contribution is -2.43. The van der Waals surface area contributed by atoms with Crippen molar-refractivity contribution in [3.05, 3.63) is 36.1 Å². The quantitative estimate of drug-likeness (QED) is 0.888. The molecule has 0 bridgehead atoms. The van der Waals surface area contributed by atoms with Crippen molar-refractivity contribution >= 4 is 16.9 Å². The third kappa shape index (κ3) is 2.63. The molecule has 1 aliphatic heterocycles. The Hall–Kier alpha value is -1.81. The number of fused-ring (bicyclic) bond motifs is 1. The summed E-state index contributed by atoms with van der Waals surface area (Å²) in [5.74, 6) is -0.0284. The van der Waals surface area contributed by atoms with Crippen LogP contribution in [0.25, 0.3) is 11.0 Å². The monoisotopic (exact) mass is 258 g/mol. The predicted molar refractivity (Wildman–Crippen MR) is 74.2 cm³/mol. The van der Waals surface area contributed by atoms with Crippen molar-refractivity contribution in [3.8, 4) is 0 Å². The van der Waals surface area contributed by atoms with Crippen LogP contribution in [0.4, 0.5) is 0 Å². The maximum atomic E-state index is 12.2. The SMILES string of the molecule is O=C(NC[C@@H]1CCCCN1)c1cccc2occc12. The molecular formula is C15H18N2O2. The molecule has 3 rings (SSSR count). The summed E-state index contributed by atoms with van der Waals surface area (Å²) in [6.07, 6.45) is 5.23. The summed E-state index contributed by atoms with van der Waals surface area (Å²) in [6, 6.07) is 7.79. The molecule has 0 unspecified atom stereocenters. The lowest BCUT2D eigenvalue weighted by atomic mass is 10.0. The molecule has 0 aliphatic carbocycles. The molecule has 19 heavy (non-hydrogen) atoms. The first kappa shape index (κ1) is 12.2. The summed E-state index contributed by atoms with van der Waals surface area (Å²) < 4.78 is 5.31. The number of carbonyl (C=O) groups excluding carboxylic acids is 1. The first-order valence-electron chi connectivity index (χ1n) is 6.82. The van der Waals surface area contributed by atoms with Gasteiger partial charge in [-0.25, -0.2) is 0 Å². The van der Waals surface area contributed by atoms with E-state index in [0.29, 0.717) is 18.2 Å². The summed E-state index contributed by atoms with van der Waals surface area (Å²) in [5.41, 5.74) is 1.44. The zero-order valence-corrected chi connectivity index (χ0v) is 10.8. The lowest BCUT2D eigenvalue weighted by molar-refractivity contribution is 0.0949. The Balaban J connectivity index is 1.68. The van der Waals surface area contributed by atoms with Crippen molar-refractivity contribution in [1.29, 1.82) is 0 Å². The first-order valence-corrected chi connectivity index (χ1v) is 6.82. The van der Waals surface area contributed by atoms with Gasteiger partial charge in [0, 0.05) is 18.0 Å². The van der Waals surface area contributed by atoms with E-state index >= 15 is 0 Å². The number of hydrogen-bond acceptors (Lipinski definition) is 3. The minimum Gasteiger partial charge on any atom is -0.464 e. The molecule has 2 N–H and O–H groups in total. The van der Waals surface area contributed by atoms with E-state index in [4.69, 9.17) is 4.42 Å². The van der Waals surface area contributed by atoms with Gasteiger partial charge in [-0.15, -0.1) is 0 Å². The molecule has 0 spiro atoms. The van der Waals surface area contributed by atoms with Gasteiger partial charge in [0.1, 0.15) is 5.58 Å². The summed E-state index contributed by atoms with van der Waals surface area (Å²) in [5, 5.41) is 7.30. The van der Waals surface area contributed by atoms with E-state index in [0.717, 1.165) is 23.9 Å². The number of piperidine rings is 1. The Labute approximate surface area is 112 Å². The van der Waals surface area contributed by atoms with Crippen LogP contribution in [0.1, 0.15) is 29.6 Å². The van der Waals surface area contributed by atoms with Gasteiger partial charge in [0.05, 0.1) is 11.8 Å². The topological polar surface area (TPSA) is 54.3 Å². The fourth-order valence-electron chi connectivity index (χ4n) is 2.60. The molecule has 1 amide bonds. The molecule has 1 aromatic carbocycles. The van der Waals surface area contributed by atoms with Gasteiger partial charge < -0.3 is 15.1 Å².